The zero-order chi connectivity index (χ0) is 16.4. The van der Waals surface area contributed by atoms with Gasteiger partial charge in [-0.25, -0.2) is 23.1 Å². The van der Waals surface area contributed by atoms with Crippen LogP contribution < -0.4 is 9.62 Å². The SMILES string of the molecule is CCc1cnc(N2CC[C@H]3CO[C@H](CNS(C)(=O)=O)[C@H]3C2)nc1. The fourth-order valence-corrected chi connectivity index (χ4v) is 3.82. The Kier molecular flexibility index (Phi) is 4.84. The van der Waals surface area contributed by atoms with Gasteiger partial charge in [0.2, 0.25) is 16.0 Å². The van der Waals surface area contributed by atoms with E-state index in [0.29, 0.717) is 25.0 Å². The molecule has 0 saturated carbocycles. The monoisotopic (exact) mass is 340 g/mol. The normalized spacial score (nSPS) is 27.9. The predicted molar refractivity (Wildman–Crippen MR) is 87.8 cm³/mol. The van der Waals surface area contributed by atoms with Crippen LogP contribution in [0.4, 0.5) is 5.95 Å². The van der Waals surface area contributed by atoms with Crippen LogP contribution in [-0.2, 0) is 21.2 Å². The number of aryl methyl sites for hydroxylation is 1. The van der Waals surface area contributed by atoms with E-state index in [1.807, 2.05) is 12.4 Å². The molecule has 0 unspecified atom stereocenters. The van der Waals surface area contributed by atoms with Crippen molar-refractivity contribution in [1.29, 1.82) is 0 Å². The van der Waals surface area contributed by atoms with Gasteiger partial charge in [-0.3, -0.25) is 0 Å². The largest absolute Gasteiger partial charge is 0.376 e. The third-order valence-electron chi connectivity index (χ3n) is 4.74. The minimum absolute atomic E-state index is 0.0764. The van der Waals surface area contributed by atoms with Crippen molar-refractivity contribution in [2.24, 2.45) is 11.8 Å². The molecule has 23 heavy (non-hydrogen) atoms. The molecular weight excluding hydrogens is 316 g/mol. The van der Waals surface area contributed by atoms with Gasteiger partial charge in [-0.1, -0.05) is 6.92 Å². The Morgan fingerprint density at radius 3 is 2.78 bits per heavy atom. The van der Waals surface area contributed by atoms with Crippen LogP contribution in [0, 0.1) is 11.8 Å². The second-order valence-electron chi connectivity index (χ2n) is 6.40. The van der Waals surface area contributed by atoms with Crippen molar-refractivity contribution in [1.82, 2.24) is 14.7 Å². The van der Waals surface area contributed by atoms with Crippen molar-refractivity contribution in [3.05, 3.63) is 18.0 Å². The number of nitrogens with one attached hydrogen (secondary N) is 1. The smallest absolute Gasteiger partial charge is 0.225 e. The van der Waals surface area contributed by atoms with E-state index in [4.69, 9.17) is 4.74 Å². The lowest BCUT2D eigenvalue weighted by atomic mass is 9.85. The molecule has 0 spiro atoms. The Labute approximate surface area is 137 Å². The first-order chi connectivity index (χ1) is 11.0. The van der Waals surface area contributed by atoms with Gasteiger partial charge >= 0.3 is 0 Å². The molecule has 3 atom stereocenters. The highest BCUT2D eigenvalue weighted by molar-refractivity contribution is 7.88. The van der Waals surface area contributed by atoms with Crippen LogP contribution >= 0.6 is 0 Å². The summed E-state index contributed by atoms with van der Waals surface area (Å²) in [6.45, 7) is 4.86. The summed E-state index contributed by atoms with van der Waals surface area (Å²) in [5, 5.41) is 0. The van der Waals surface area contributed by atoms with Gasteiger partial charge in [0, 0.05) is 37.9 Å². The van der Waals surface area contributed by atoms with Crippen molar-refractivity contribution >= 4 is 16.0 Å². The van der Waals surface area contributed by atoms with Gasteiger partial charge in [-0.2, -0.15) is 0 Å². The first-order valence-electron chi connectivity index (χ1n) is 8.08. The third-order valence-corrected chi connectivity index (χ3v) is 5.43. The van der Waals surface area contributed by atoms with Crippen molar-refractivity contribution < 1.29 is 13.2 Å². The average molecular weight is 340 g/mol. The number of hydrogen-bond donors (Lipinski definition) is 1. The van der Waals surface area contributed by atoms with Crippen LogP contribution in [0.3, 0.4) is 0 Å². The quantitative estimate of drug-likeness (QED) is 0.837. The Bertz CT molecular complexity index is 635. The summed E-state index contributed by atoms with van der Waals surface area (Å²) in [7, 11) is -3.19. The molecule has 8 heteroatoms. The zero-order valence-corrected chi connectivity index (χ0v) is 14.4. The van der Waals surface area contributed by atoms with Gasteiger partial charge < -0.3 is 9.64 Å². The standard InChI is InChI=1S/C15H24N4O3S/c1-3-11-6-16-15(17-7-11)19-5-4-12-10-22-14(13(12)9-19)8-18-23(2,20)21/h6-7,12-14,18H,3-5,8-10H2,1-2H3/t12-,13-,14+/m0/s1. The second-order valence-corrected chi connectivity index (χ2v) is 8.23. The number of sulfonamides is 1. The van der Waals surface area contributed by atoms with Crippen LogP contribution in [0.25, 0.3) is 0 Å². The van der Waals surface area contributed by atoms with E-state index in [9.17, 15) is 8.42 Å². The minimum Gasteiger partial charge on any atom is -0.376 e. The first-order valence-corrected chi connectivity index (χ1v) is 9.97. The number of aromatic nitrogens is 2. The molecule has 0 aliphatic carbocycles. The molecule has 7 nitrogen and oxygen atoms in total. The summed E-state index contributed by atoms with van der Waals surface area (Å²) in [4.78, 5) is 11.1. The van der Waals surface area contributed by atoms with Crippen LogP contribution in [0.1, 0.15) is 18.9 Å². The van der Waals surface area contributed by atoms with Crippen LogP contribution in [0.15, 0.2) is 12.4 Å². The molecule has 2 aliphatic rings. The van der Waals surface area contributed by atoms with Gasteiger partial charge in [0.25, 0.3) is 0 Å². The topological polar surface area (TPSA) is 84.4 Å². The highest BCUT2D eigenvalue weighted by Crippen LogP contribution is 2.34. The number of piperidine rings is 1. The molecule has 128 valence electrons. The molecule has 0 bridgehead atoms. The van der Waals surface area contributed by atoms with Crippen molar-refractivity contribution in [3.8, 4) is 0 Å². The van der Waals surface area contributed by atoms with E-state index < -0.39 is 10.0 Å². The molecule has 2 saturated heterocycles. The molecule has 1 N–H and O–H groups in total. The maximum Gasteiger partial charge on any atom is 0.225 e. The highest BCUT2D eigenvalue weighted by atomic mass is 32.2. The summed E-state index contributed by atoms with van der Waals surface area (Å²) >= 11 is 0. The van der Waals surface area contributed by atoms with Gasteiger partial charge in [0.15, 0.2) is 0 Å². The molecule has 3 rings (SSSR count). The molecule has 3 heterocycles. The Balaban J connectivity index is 1.66. The number of hydrogen-bond acceptors (Lipinski definition) is 6. The Hall–Kier alpha value is -1.25. The molecule has 1 aromatic rings. The maximum absolute atomic E-state index is 11.3. The van der Waals surface area contributed by atoms with E-state index in [-0.39, 0.29) is 6.10 Å². The molecule has 0 radical (unpaired) electrons. The van der Waals surface area contributed by atoms with Crippen LogP contribution in [-0.4, -0.2) is 57.0 Å². The molecule has 2 aliphatic heterocycles. The zero-order valence-electron chi connectivity index (χ0n) is 13.6. The summed E-state index contributed by atoms with van der Waals surface area (Å²) in [6.07, 6.45) is 6.81. The lowest BCUT2D eigenvalue weighted by molar-refractivity contribution is 0.0954. The van der Waals surface area contributed by atoms with E-state index in [0.717, 1.165) is 37.4 Å². The lowest BCUT2D eigenvalue weighted by Crippen LogP contribution is -2.45. The number of rotatable bonds is 5. The second kappa shape index (κ2) is 6.70. The summed E-state index contributed by atoms with van der Waals surface area (Å²) in [6, 6.07) is 0. The van der Waals surface area contributed by atoms with Gasteiger partial charge in [-0.05, 0) is 24.3 Å². The van der Waals surface area contributed by atoms with Crippen molar-refractivity contribution in [2.75, 3.05) is 37.4 Å². The van der Waals surface area contributed by atoms with E-state index in [2.05, 4.69) is 26.5 Å². The predicted octanol–water partition coefficient (Wildman–Crippen LogP) is 0.430. The van der Waals surface area contributed by atoms with E-state index >= 15 is 0 Å². The third kappa shape index (κ3) is 3.99. The molecule has 1 aromatic heterocycles. The number of fused-ring (bicyclic) bond motifs is 1. The van der Waals surface area contributed by atoms with E-state index in [1.54, 1.807) is 0 Å². The fourth-order valence-electron chi connectivity index (χ4n) is 3.35. The molecule has 2 fully saturated rings. The van der Waals surface area contributed by atoms with E-state index in [1.165, 1.54) is 6.26 Å². The van der Waals surface area contributed by atoms with Crippen molar-refractivity contribution in [3.63, 3.8) is 0 Å². The Morgan fingerprint density at radius 1 is 1.39 bits per heavy atom. The molecule has 0 aromatic carbocycles. The van der Waals surface area contributed by atoms with Gasteiger partial charge in [0.1, 0.15) is 0 Å². The maximum atomic E-state index is 11.3. The lowest BCUT2D eigenvalue weighted by Gasteiger charge is -2.36. The van der Waals surface area contributed by atoms with Crippen LogP contribution in [0.5, 0.6) is 0 Å². The Morgan fingerprint density at radius 2 is 2.13 bits per heavy atom. The number of anilines is 1. The highest BCUT2D eigenvalue weighted by Gasteiger charge is 2.41. The van der Waals surface area contributed by atoms with Gasteiger partial charge in [0.05, 0.1) is 19.0 Å². The number of ether oxygens (including phenoxy) is 1. The molecular formula is C15H24N4O3S. The summed E-state index contributed by atoms with van der Waals surface area (Å²) in [5.74, 6) is 1.56. The molecule has 0 amide bonds. The minimum atomic E-state index is -3.19. The van der Waals surface area contributed by atoms with Crippen molar-refractivity contribution in [2.45, 2.75) is 25.9 Å². The number of nitrogens with zero attached hydrogens (tertiary/aromatic N) is 3. The summed E-state index contributed by atoms with van der Waals surface area (Å²) < 4.78 is 31.0. The summed E-state index contributed by atoms with van der Waals surface area (Å²) in [5.41, 5.74) is 1.13. The van der Waals surface area contributed by atoms with Gasteiger partial charge in [-0.15, -0.1) is 0 Å². The average Bonchev–Trinajstić information content (AvgIpc) is 2.94. The first kappa shape index (κ1) is 16.6. The van der Waals surface area contributed by atoms with Crippen LogP contribution in [0.2, 0.25) is 0 Å². The fraction of sp³-hybridized carbons (Fsp3) is 0.733.